The van der Waals surface area contributed by atoms with Crippen LogP contribution in [0.5, 0.6) is 0 Å². The van der Waals surface area contributed by atoms with Crippen LogP contribution in [0.25, 0.3) is 0 Å². The number of ether oxygens (including phenoxy) is 1. The molecule has 0 heterocycles. The molecule has 0 aliphatic heterocycles. The number of carbonyl (C=O) groups excluding carboxylic acids is 1. The van der Waals surface area contributed by atoms with Gasteiger partial charge < -0.3 is 9.30 Å². The fourth-order valence-corrected chi connectivity index (χ4v) is 4.60. The first-order valence-electron chi connectivity index (χ1n) is 7.64. The second kappa shape index (κ2) is 7.29. The third kappa shape index (κ3) is 3.32. The van der Waals surface area contributed by atoms with Crippen molar-refractivity contribution in [2.24, 2.45) is 0 Å². The minimum absolute atomic E-state index is 0.101. The van der Waals surface area contributed by atoms with Crippen LogP contribution in [0, 0.1) is 0 Å². The lowest BCUT2D eigenvalue weighted by Gasteiger charge is -2.17. The molecule has 0 aromatic heterocycles. The van der Waals surface area contributed by atoms with Gasteiger partial charge in [0, 0.05) is 10.6 Å². The van der Waals surface area contributed by atoms with Crippen LogP contribution in [-0.4, -0.2) is 5.71 Å². The van der Waals surface area contributed by atoms with Crippen LogP contribution in [0.15, 0.2) is 91.0 Å². The standard InChI is InChI=1S/C20H17O3P/c21-20(23-16-17-10-4-1-5-11-17)24(22,18-12-6-2-7-13-18)19-14-8-3-9-15-19/h1-15H,16H2. The Bertz CT molecular complexity index is 802. The molecule has 3 aromatic rings. The molecule has 0 N–H and O–H groups in total. The molecule has 0 radical (unpaired) electrons. The maximum atomic E-state index is 13.7. The molecule has 0 bridgehead atoms. The predicted octanol–water partition coefficient (Wildman–Crippen LogP) is 4.34. The Kier molecular flexibility index (Phi) is 4.93. The molecule has 0 spiro atoms. The van der Waals surface area contributed by atoms with E-state index in [9.17, 15) is 9.36 Å². The molecule has 0 aliphatic carbocycles. The number of hydrogen-bond acceptors (Lipinski definition) is 3. The highest BCUT2D eigenvalue weighted by molar-refractivity contribution is 7.92. The zero-order valence-electron chi connectivity index (χ0n) is 13.0. The van der Waals surface area contributed by atoms with Gasteiger partial charge in [0.1, 0.15) is 6.61 Å². The van der Waals surface area contributed by atoms with Crippen molar-refractivity contribution in [3.05, 3.63) is 96.6 Å². The van der Waals surface area contributed by atoms with Crippen LogP contribution in [0.2, 0.25) is 0 Å². The Morgan fingerprint density at radius 1 is 0.708 bits per heavy atom. The SMILES string of the molecule is O=C(OCc1ccccc1)P(=O)(c1ccccc1)c1ccccc1. The fourth-order valence-electron chi connectivity index (χ4n) is 2.45. The second-order valence-corrected chi connectivity index (χ2v) is 7.94. The third-order valence-corrected chi connectivity index (χ3v) is 6.40. The van der Waals surface area contributed by atoms with Gasteiger partial charge in [0.2, 0.25) is 7.14 Å². The Hall–Kier alpha value is -2.64. The van der Waals surface area contributed by atoms with E-state index in [1.165, 1.54) is 0 Å². The fraction of sp³-hybridized carbons (Fsp3) is 0.0500. The van der Waals surface area contributed by atoms with E-state index in [0.717, 1.165) is 5.56 Å². The quantitative estimate of drug-likeness (QED) is 0.651. The molecule has 4 heteroatoms. The molecular weight excluding hydrogens is 319 g/mol. The highest BCUT2D eigenvalue weighted by Crippen LogP contribution is 2.45. The molecule has 0 saturated carbocycles. The second-order valence-electron chi connectivity index (χ2n) is 5.32. The van der Waals surface area contributed by atoms with Crippen LogP contribution >= 0.6 is 7.14 Å². The summed E-state index contributed by atoms with van der Waals surface area (Å²) in [5.41, 5.74) is 0.169. The summed E-state index contributed by atoms with van der Waals surface area (Å²) in [4.78, 5) is 12.8. The van der Waals surface area contributed by atoms with Crippen molar-refractivity contribution in [1.29, 1.82) is 0 Å². The van der Waals surface area contributed by atoms with Gasteiger partial charge in [-0.1, -0.05) is 91.0 Å². The van der Waals surface area contributed by atoms with Gasteiger partial charge in [0.15, 0.2) is 0 Å². The van der Waals surface area contributed by atoms with Crippen LogP contribution in [0.3, 0.4) is 0 Å². The zero-order valence-corrected chi connectivity index (χ0v) is 13.9. The first-order chi connectivity index (χ1) is 11.7. The molecule has 0 fully saturated rings. The number of benzene rings is 3. The molecule has 3 aromatic carbocycles. The average molecular weight is 336 g/mol. The maximum absolute atomic E-state index is 13.7. The Morgan fingerprint density at radius 2 is 1.12 bits per heavy atom. The molecule has 3 rings (SSSR count). The van der Waals surface area contributed by atoms with E-state index in [4.69, 9.17) is 4.74 Å². The molecule has 0 atom stereocenters. The van der Waals surface area contributed by atoms with Crippen molar-refractivity contribution < 1.29 is 14.1 Å². The van der Waals surface area contributed by atoms with Crippen LogP contribution in [0.1, 0.15) is 5.56 Å². The van der Waals surface area contributed by atoms with Crippen LogP contribution in [-0.2, 0) is 15.9 Å². The van der Waals surface area contributed by atoms with Gasteiger partial charge in [-0.2, -0.15) is 0 Å². The molecule has 0 amide bonds. The van der Waals surface area contributed by atoms with Crippen molar-refractivity contribution in [3.63, 3.8) is 0 Å². The summed E-state index contributed by atoms with van der Waals surface area (Å²) in [5.74, 6) is 0. The van der Waals surface area contributed by atoms with Crippen molar-refractivity contribution in [3.8, 4) is 0 Å². The Balaban J connectivity index is 1.93. The van der Waals surface area contributed by atoms with E-state index in [2.05, 4.69) is 0 Å². The number of rotatable bonds is 5. The smallest absolute Gasteiger partial charge is 0.373 e. The van der Waals surface area contributed by atoms with Crippen LogP contribution in [0.4, 0.5) is 4.79 Å². The van der Waals surface area contributed by atoms with Crippen molar-refractivity contribution in [2.45, 2.75) is 6.61 Å². The molecule has 0 aliphatic rings. The van der Waals surface area contributed by atoms with Crippen molar-refractivity contribution in [1.82, 2.24) is 0 Å². The van der Waals surface area contributed by atoms with E-state index in [1.54, 1.807) is 48.5 Å². The lowest BCUT2D eigenvalue weighted by atomic mass is 10.2. The molecule has 0 saturated heterocycles. The summed E-state index contributed by atoms with van der Waals surface area (Å²) in [6.45, 7) is 0.101. The predicted molar refractivity (Wildman–Crippen MR) is 96.4 cm³/mol. The normalized spacial score (nSPS) is 11.0. The molecule has 0 unspecified atom stereocenters. The van der Waals surface area contributed by atoms with Gasteiger partial charge in [-0.3, -0.25) is 0 Å². The van der Waals surface area contributed by atoms with Gasteiger partial charge >= 0.3 is 5.71 Å². The largest absolute Gasteiger partial charge is 0.455 e. The van der Waals surface area contributed by atoms with E-state index in [1.807, 2.05) is 42.5 Å². The number of carbonyl (C=O) groups is 1. The average Bonchev–Trinajstić information content (AvgIpc) is 2.67. The first-order valence-corrected chi connectivity index (χ1v) is 9.34. The van der Waals surface area contributed by atoms with Gasteiger partial charge in [-0.05, 0) is 5.56 Å². The minimum Gasteiger partial charge on any atom is -0.455 e. The van der Waals surface area contributed by atoms with Gasteiger partial charge in [0.25, 0.3) is 0 Å². The lowest BCUT2D eigenvalue weighted by molar-refractivity contribution is 0.166. The van der Waals surface area contributed by atoms with Gasteiger partial charge in [-0.25, -0.2) is 4.79 Å². The van der Waals surface area contributed by atoms with Crippen molar-refractivity contribution >= 4 is 23.5 Å². The Morgan fingerprint density at radius 3 is 1.58 bits per heavy atom. The molecule has 24 heavy (non-hydrogen) atoms. The highest BCUT2D eigenvalue weighted by atomic mass is 31.2. The van der Waals surface area contributed by atoms with E-state index in [-0.39, 0.29) is 6.61 Å². The van der Waals surface area contributed by atoms with Crippen molar-refractivity contribution in [2.75, 3.05) is 0 Å². The summed E-state index contributed by atoms with van der Waals surface area (Å²) in [6, 6.07) is 26.9. The molecule has 3 nitrogen and oxygen atoms in total. The summed E-state index contributed by atoms with van der Waals surface area (Å²) < 4.78 is 19.1. The van der Waals surface area contributed by atoms with Gasteiger partial charge in [-0.15, -0.1) is 0 Å². The first kappa shape index (κ1) is 16.2. The summed E-state index contributed by atoms with van der Waals surface area (Å²) in [7, 11) is -3.51. The third-order valence-electron chi connectivity index (χ3n) is 3.70. The summed E-state index contributed by atoms with van der Waals surface area (Å²) in [6.07, 6.45) is 0. The van der Waals surface area contributed by atoms with E-state index in [0.29, 0.717) is 10.6 Å². The minimum atomic E-state index is -3.51. The van der Waals surface area contributed by atoms with E-state index < -0.39 is 12.9 Å². The Labute approximate surface area is 141 Å². The zero-order chi connectivity index (χ0) is 16.8. The lowest BCUT2D eigenvalue weighted by Crippen LogP contribution is -2.23. The van der Waals surface area contributed by atoms with Gasteiger partial charge in [0.05, 0.1) is 0 Å². The summed E-state index contributed by atoms with van der Waals surface area (Å²) in [5, 5.41) is 0.962. The highest BCUT2D eigenvalue weighted by Gasteiger charge is 2.37. The number of hydrogen-bond donors (Lipinski definition) is 0. The molecule has 120 valence electrons. The topological polar surface area (TPSA) is 43.4 Å². The van der Waals surface area contributed by atoms with Crippen LogP contribution < -0.4 is 10.6 Å². The molecular formula is C20H17O3P. The maximum Gasteiger partial charge on any atom is 0.373 e. The summed E-state index contributed by atoms with van der Waals surface area (Å²) >= 11 is 0. The van der Waals surface area contributed by atoms with E-state index >= 15 is 0 Å². The monoisotopic (exact) mass is 336 g/mol.